The number of carbonyl (C=O) groups excluding carboxylic acids is 1. The molecule has 6 bridgehead atoms. The van der Waals surface area contributed by atoms with E-state index in [1.807, 2.05) is 0 Å². The van der Waals surface area contributed by atoms with Gasteiger partial charge < -0.3 is 4.74 Å². The van der Waals surface area contributed by atoms with Crippen LogP contribution in [-0.4, -0.2) is 11.6 Å². The molecule has 0 heterocycles. The van der Waals surface area contributed by atoms with Gasteiger partial charge in [0.2, 0.25) is 0 Å². The fraction of sp³-hybridized carbons (Fsp3) is 0.962. The first kappa shape index (κ1) is 19.4. The van der Waals surface area contributed by atoms with Crippen LogP contribution in [0, 0.1) is 64.6 Å². The van der Waals surface area contributed by atoms with Crippen molar-refractivity contribution in [3.05, 3.63) is 0 Å². The van der Waals surface area contributed by atoms with Crippen molar-refractivity contribution in [1.82, 2.24) is 0 Å². The summed E-state index contributed by atoms with van der Waals surface area (Å²) in [7, 11) is 0. The summed E-state index contributed by atoms with van der Waals surface area (Å²) in [6.07, 6.45) is 9.06. The Bertz CT molecular complexity index is 613. The zero-order valence-corrected chi connectivity index (χ0v) is 19.0. The van der Waals surface area contributed by atoms with Gasteiger partial charge in [0.05, 0.1) is 5.92 Å². The third-order valence-corrected chi connectivity index (χ3v) is 10.2. The van der Waals surface area contributed by atoms with Crippen LogP contribution in [0.15, 0.2) is 0 Å². The van der Waals surface area contributed by atoms with E-state index in [9.17, 15) is 4.79 Å². The summed E-state index contributed by atoms with van der Waals surface area (Å²) in [5, 5.41) is 0. The number of hydrogen-bond donors (Lipinski definition) is 0. The smallest absolute Gasteiger partial charge is 0.309 e. The van der Waals surface area contributed by atoms with Crippen molar-refractivity contribution in [1.29, 1.82) is 0 Å². The fourth-order valence-electron chi connectivity index (χ4n) is 9.45. The predicted molar refractivity (Wildman–Crippen MR) is 113 cm³/mol. The molecule has 6 fully saturated rings. The fourth-order valence-corrected chi connectivity index (χ4v) is 9.45. The lowest BCUT2D eigenvalue weighted by Gasteiger charge is -2.59. The van der Waals surface area contributed by atoms with Gasteiger partial charge in [0.15, 0.2) is 0 Å². The molecule has 6 saturated carbocycles. The lowest BCUT2D eigenvalue weighted by molar-refractivity contribution is -0.209. The van der Waals surface area contributed by atoms with Crippen LogP contribution < -0.4 is 0 Å². The van der Waals surface area contributed by atoms with Gasteiger partial charge in [-0.3, -0.25) is 4.79 Å². The number of fused-ring (bicyclic) bond motifs is 2. The van der Waals surface area contributed by atoms with Crippen molar-refractivity contribution in [2.45, 2.75) is 92.1 Å². The highest BCUT2D eigenvalue weighted by molar-refractivity contribution is 5.74. The van der Waals surface area contributed by atoms with Crippen molar-refractivity contribution < 1.29 is 9.53 Å². The lowest BCUT2D eigenvalue weighted by atomic mass is 9.50. The minimum absolute atomic E-state index is 0.164. The molecule has 0 aromatic carbocycles. The topological polar surface area (TPSA) is 26.3 Å². The van der Waals surface area contributed by atoms with Gasteiger partial charge in [0.25, 0.3) is 0 Å². The summed E-state index contributed by atoms with van der Waals surface area (Å²) in [6, 6.07) is 0. The third kappa shape index (κ3) is 2.75. The SMILES string of the molecule is CC(C)C1C2CC(CC2C(=O)OC2(C)C3CC4CC(C3)CC2C4)C1C(C)(C)C. The van der Waals surface area contributed by atoms with Gasteiger partial charge in [-0.15, -0.1) is 0 Å². The lowest BCUT2D eigenvalue weighted by Crippen LogP contribution is -2.58. The summed E-state index contributed by atoms with van der Waals surface area (Å²) < 4.78 is 6.56. The quantitative estimate of drug-likeness (QED) is 0.529. The molecule has 5 unspecified atom stereocenters. The maximum absolute atomic E-state index is 13.5. The summed E-state index contributed by atoms with van der Waals surface area (Å²) in [5.41, 5.74) is 0.180. The van der Waals surface area contributed by atoms with E-state index in [-0.39, 0.29) is 17.5 Å². The summed E-state index contributed by atoms with van der Waals surface area (Å²) >= 11 is 0. The van der Waals surface area contributed by atoms with Crippen LogP contribution in [0.1, 0.15) is 86.5 Å². The van der Waals surface area contributed by atoms with Crippen LogP contribution in [0.5, 0.6) is 0 Å². The Labute approximate surface area is 172 Å². The number of rotatable bonds is 3. The molecular weight excluding hydrogens is 344 g/mol. The van der Waals surface area contributed by atoms with Crippen LogP contribution >= 0.6 is 0 Å². The second-order valence-corrected chi connectivity index (χ2v) is 13.1. The van der Waals surface area contributed by atoms with E-state index in [0.29, 0.717) is 35.0 Å². The average Bonchev–Trinajstić information content (AvgIpc) is 3.17. The van der Waals surface area contributed by atoms with Crippen LogP contribution in [0.3, 0.4) is 0 Å². The van der Waals surface area contributed by atoms with Gasteiger partial charge >= 0.3 is 5.97 Å². The molecule has 0 saturated heterocycles. The normalized spacial score (nSPS) is 51.9. The molecule has 2 nitrogen and oxygen atoms in total. The molecule has 2 heteroatoms. The molecule has 0 amide bonds. The van der Waals surface area contributed by atoms with Crippen LogP contribution in [-0.2, 0) is 9.53 Å². The van der Waals surface area contributed by atoms with E-state index in [1.165, 1.54) is 38.5 Å². The summed E-state index contributed by atoms with van der Waals surface area (Å²) in [6.45, 7) is 14.3. The Balaban J connectivity index is 1.33. The Kier molecular flexibility index (Phi) is 4.33. The van der Waals surface area contributed by atoms with E-state index in [2.05, 4.69) is 41.5 Å². The molecule has 0 aromatic rings. The molecule has 6 aliphatic rings. The van der Waals surface area contributed by atoms with Crippen molar-refractivity contribution >= 4 is 5.97 Å². The molecule has 0 radical (unpaired) electrons. The molecule has 158 valence electrons. The Morgan fingerprint density at radius 2 is 1.50 bits per heavy atom. The Hall–Kier alpha value is -0.530. The van der Waals surface area contributed by atoms with Crippen molar-refractivity contribution in [3.63, 3.8) is 0 Å². The number of carbonyl (C=O) groups is 1. The average molecular weight is 387 g/mol. The van der Waals surface area contributed by atoms with E-state index >= 15 is 0 Å². The molecular formula is C26H42O2. The van der Waals surface area contributed by atoms with E-state index in [1.54, 1.807) is 0 Å². The Morgan fingerprint density at radius 1 is 0.929 bits per heavy atom. The molecule has 0 N–H and O–H groups in total. The van der Waals surface area contributed by atoms with Crippen LogP contribution in [0.2, 0.25) is 0 Å². The summed E-state index contributed by atoms with van der Waals surface area (Å²) in [5.74, 6) is 6.86. The standard InChI is InChI=1S/C26H42O2/c1-14(2)22-20-12-17(23(22)25(3,4)5)13-21(20)24(27)28-26(6)18-8-15-7-16(10-18)11-19(26)9-15/h14-23H,7-13H2,1-6H3. The molecule has 5 atom stereocenters. The minimum Gasteiger partial charge on any atom is -0.459 e. The first-order chi connectivity index (χ1) is 13.1. The van der Waals surface area contributed by atoms with Gasteiger partial charge in [-0.05, 0) is 111 Å². The van der Waals surface area contributed by atoms with Crippen molar-refractivity contribution in [2.24, 2.45) is 64.6 Å². The highest BCUT2D eigenvalue weighted by Crippen LogP contribution is 2.64. The highest BCUT2D eigenvalue weighted by Gasteiger charge is 2.61. The maximum atomic E-state index is 13.5. The highest BCUT2D eigenvalue weighted by atomic mass is 16.6. The zero-order chi connectivity index (χ0) is 20.0. The first-order valence-corrected chi connectivity index (χ1v) is 12.3. The third-order valence-electron chi connectivity index (χ3n) is 10.2. The maximum Gasteiger partial charge on any atom is 0.309 e. The first-order valence-electron chi connectivity index (χ1n) is 12.3. The second kappa shape index (κ2) is 6.24. The number of ether oxygens (including phenoxy) is 1. The molecule has 6 aliphatic carbocycles. The predicted octanol–water partition coefficient (Wildman–Crippen LogP) is 6.33. The minimum atomic E-state index is -0.164. The molecule has 0 aliphatic heterocycles. The molecule has 0 spiro atoms. The van der Waals surface area contributed by atoms with Crippen molar-refractivity contribution in [2.75, 3.05) is 0 Å². The monoisotopic (exact) mass is 386 g/mol. The van der Waals surface area contributed by atoms with Crippen LogP contribution in [0.4, 0.5) is 0 Å². The van der Waals surface area contributed by atoms with E-state index in [4.69, 9.17) is 4.74 Å². The number of esters is 1. The largest absolute Gasteiger partial charge is 0.459 e. The van der Waals surface area contributed by atoms with E-state index in [0.717, 1.165) is 30.1 Å². The molecule has 28 heavy (non-hydrogen) atoms. The molecule has 0 aromatic heterocycles. The van der Waals surface area contributed by atoms with Gasteiger partial charge in [-0.25, -0.2) is 0 Å². The van der Waals surface area contributed by atoms with Gasteiger partial charge in [-0.1, -0.05) is 34.6 Å². The summed E-state index contributed by atoms with van der Waals surface area (Å²) in [4.78, 5) is 13.5. The zero-order valence-electron chi connectivity index (χ0n) is 19.0. The van der Waals surface area contributed by atoms with Crippen molar-refractivity contribution in [3.8, 4) is 0 Å². The van der Waals surface area contributed by atoms with Gasteiger partial charge in [0, 0.05) is 0 Å². The molecule has 6 rings (SSSR count). The van der Waals surface area contributed by atoms with Gasteiger partial charge in [0.1, 0.15) is 5.60 Å². The van der Waals surface area contributed by atoms with E-state index < -0.39 is 0 Å². The Morgan fingerprint density at radius 3 is 2.00 bits per heavy atom. The van der Waals surface area contributed by atoms with Gasteiger partial charge in [-0.2, -0.15) is 0 Å². The van der Waals surface area contributed by atoms with Crippen LogP contribution in [0.25, 0.3) is 0 Å². The second-order valence-electron chi connectivity index (χ2n) is 13.1. The number of hydrogen-bond acceptors (Lipinski definition) is 2.